The Morgan fingerprint density at radius 3 is 2.33 bits per heavy atom. The van der Waals surface area contributed by atoms with Crippen LogP contribution in [-0.4, -0.2) is 49.7 Å². The molecule has 126 valence electrons. The molecule has 1 aliphatic rings. The second-order valence-corrected chi connectivity index (χ2v) is 8.19. The summed E-state index contributed by atoms with van der Waals surface area (Å²) in [5.41, 5.74) is 0.840. The van der Waals surface area contributed by atoms with E-state index in [9.17, 15) is 13.2 Å². The summed E-state index contributed by atoms with van der Waals surface area (Å²) in [5, 5.41) is 3.10. The summed E-state index contributed by atoms with van der Waals surface area (Å²) in [6.07, 6.45) is 1.60. The average Bonchev–Trinajstić information content (AvgIpc) is 3.15. The van der Waals surface area contributed by atoms with Crippen molar-refractivity contribution in [3.05, 3.63) is 63.7 Å². The molecule has 7 heteroatoms. The van der Waals surface area contributed by atoms with Crippen LogP contribution in [-0.2, 0) is 10.0 Å². The Kier molecular flexibility index (Phi) is 5.13. The second kappa shape index (κ2) is 7.29. The molecule has 3 rings (SSSR count). The first-order chi connectivity index (χ1) is 11.6. The van der Waals surface area contributed by atoms with E-state index in [-0.39, 0.29) is 5.91 Å². The Hall–Kier alpha value is -1.96. The van der Waals surface area contributed by atoms with Gasteiger partial charge in [-0.2, -0.15) is 4.31 Å². The minimum atomic E-state index is -3.47. The van der Waals surface area contributed by atoms with Crippen LogP contribution in [0.25, 0.3) is 6.08 Å². The van der Waals surface area contributed by atoms with E-state index in [2.05, 4.69) is 0 Å². The lowest BCUT2D eigenvalue weighted by molar-refractivity contribution is 0.0703. The number of amides is 1. The Bertz CT molecular complexity index is 807. The van der Waals surface area contributed by atoms with Crippen molar-refractivity contribution >= 4 is 33.3 Å². The number of nitrogens with zero attached hydrogens (tertiary/aromatic N) is 2. The number of sulfonamides is 1. The molecule has 0 spiro atoms. The first kappa shape index (κ1) is 16.9. The number of hydrogen-bond donors (Lipinski definition) is 0. The predicted octanol–water partition coefficient (Wildman–Crippen LogP) is 2.51. The highest BCUT2D eigenvalue weighted by Crippen LogP contribution is 2.16. The molecule has 0 atom stereocenters. The molecule has 0 aliphatic carbocycles. The van der Waals surface area contributed by atoms with Gasteiger partial charge in [-0.15, -0.1) is 11.3 Å². The van der Waals surface area contributed by atoms with Gasteiger partial charge in [0.15, 0.2) is 0 Å². The van der Waals surface area contributed by atoms with Crippen LogP contribution in [0.3, 0.4) is 0 Å². The Labute approximate surface area is 145 Å². The average molecular weight is 362 g/mol. The summed E-state index contributed by atoms with van der Waals surface area (Å²) in [6, 6.07) is 12.9. The van der Waals surface area contributed by atoms with Crippen LogP contribution in [0.2, 0.25) is 0 Å². The van der Waals surface area contributed by atoms with Gasteiger partial charge in [0.25, 0.3) is 5.91 Å². The molecule has 1 amide bonds. The zero-order valence-electron chi connectivity index (χ0n) is 13.0. The summed E-state index contributed by atoms with van der Waals surface area (Å²) in [4.78, 5) is 14.7. The van der Waals surface area contributed by atoms with Gasteiger partial charge in [-0.3, -0.25) is 4.79 Å². The van der Waals surface area contributed by atoms with Gasteiger partial charge in [0, 0.05) is 31.6 Å². The van der Waals surface area contributed by atoms with E-state index in [0.29, 0.717) is 31.1 Å². The highest BCUT2D eigenvalue weighted by molar-refractivity contribution is 7.92. The molecular formula is C17H18N2O3S2. The Balaban J connectivity index is 1.61. The van der Waals surface area contributed by atoms with Crippen molar-refractivity contribution in [3.63, 3.8) is 0 Å². The monoisotopic (exact) mass is 362 g/mol. The standard InChI is InChI=1S/C17H18N2O3S2/c20-17(16-7-4-13-23-16)18-9-11-19(12-10-18)24(21,22)14-8-15-5-2-1-3-6-15/h1-8,13-14H,9-12H2. The predicted molar refractivity (Wildman–Crippen MR) is 96.2 cm³/mol. The molecule has 0 saturated carbocycles. The molecule has 0 radical (unpaired) electrons. The van der Waals surface area contributed by atoms with Crippen LogP contribution in [0.15, 0.2) is 53.3 Å². The molecular weight excluding hydrogens is 344 g/mol. The highest BCUT2D eigenvalue weighted by Gasteiger charge is 2.28. The number of carbonyl (C=O) groups excluding carboxylic acids is 1. The number of hydrogen-bond acceptors (Lipinski definition) is 4. The summed E-state index contributed by atoms with van der Waals surface area (Å²) < 4.78 is 26.2. The fourth-order valence-electron chi connectivity index (χ4n) is 2.52. The van der Waals surface area contributed by atoms with E-state index in [0.717, 1.165) is 5.56 Å². The van der Waals surface area contributed by atoms with Gasteiger partial charge in [0.05, 0.1) is 4.88 Å². The van der Waals surface area contributed by atoms with E-state index in [1.165, 1.54) is 21.1 Å². The maximum Gasteiger partial charge on any atom is 0.264 e. The Morgan fingerprint density at radius 2 is 1.71 bits per heavy atom. The number of piperazine rings is 1. The summed E-state index contributed by atoms with van der Waals surface area (Å²) in [7, 11) is -3.47. The summed E-state index contributed by atoms with van der Waals surface area (Å²) >= 11 is 1.40. The lowest BCUT2D eigenvalue weighted by atomic mass is 10.2. The molecule has 0 bridgehead atoms. The minimum absolute atomic E-state index is 0.0260. The van der Waals surface area contributed by atoms with E-state index in [1.807, 2.05) is 41.8 Å². The van der Waals surface area contributed by atoms with E-state index in [1.54, 1.807) is 17.0 Å². The third kappa shape index (κ3) is 3.92. The number of carbonyl (C=O) groups is 1. The van der Waals surface area contributed by atoms with Crippen molar-refractivity contribution in [2.75, 3.05) is 26.2 Å². The van der Waals surface area contributed by atoms with Gasteiger partial charge in [0.1, 0.15) is 0 Å². The number of thiophene rings is 1. The van der Waals surface area contributed by atoms with Crippen molar-refractivity contribution in [3.8, 4) is 0 Å². The largest absolute Gasteiger partial charge is 0.335 e. The van der Waals surface area contributed by atoms with Gasteiger partial charge in [-0.1, -0.05) is 36.4 Å². The molecule has 5 nitrogen and oxygen atoms in total. The highest BCUT2D eigenvalue weighted by atomic mass is 32.2. The maximum atomic E-state index is 12.4. The molecule has 24 heavy (non-hydrogen) atoms. The zero-order chi connectivity index (χ0) is 17.0. The topological polar surface area (TPSA) is 57.7 Å². The lowest BCUT2D eigenvalue weighted by Crippen LogP contribution is -2.49. The fraction of sp³-hybridized carbons (Fsp3) is 0.235. The smallest absolute Gasteiger partial charge is 0.264 e. The molecule has 1 aromatic carbocycles. The first-order valence-electron chi connectivity index (χ1n) is 7.62. The van der Waals surface area contributed by atoms with Crippen LogP contribution in [0.1, 0.15) is 15.2 Å². The van der Waals surface area contributed by atoms with Gasteiger partial charge in [-0.25, -0.2) is 8.42 Å². The zero-order valence-corrected chi connectivity index (χ0v) is 14.7. The molecule has 0 unspecified atom stereocenters. The van der Waals surface area contributed by atoms with Crippen molar-refractivity contribution in [1.29, 1.82) is 0 Å². The quantitative estimate of drug-likeness (QED) is 0.840. The van der Waals surface area contributed by atoms with Crippen LogP contribution in [0, 0.1) is 0 Å². The van der Waals surface area contributed by atoms with Crippen molar-refractivity contribution in [2.24, 2.45) is 0 Å². The van der Waals surface area contributed by atoms with Crippen LogP contribution >= 0.6 is 11.3 Å². The van der Waals surface area contributed by atoms with Crippen molar-refractivity contribution in [2.45, 2.75) is 0 Å². The number of benzene rings is 1. The number of rotatable bonds is 4. The maximum absolute atomic E-state index is 12.4. The van der Waals surface area contributed by atoms with E-state index in [4.69, 9.17) is 0 Å². The molecule has 2 aromatic rings. The van der Waals surface area contributed by atoms with Gasteiger partial charge >= 0.3 is 0 Å². The molecule has 1 aliphatic heterocycles. The fourth-order valence-corrected chi connectivity index (χ4v) is 4.38. The van der Waals surface area contributed by atoms with E-state index < -0.39 is 10.0 Å². The molecule has 1 fully saturated rings. The van der Waals surface area contributed by atoms with Crippen molar-refractivity contribution in [1.82, 2.24) is 9.21 Å². The molecule has 0 N–H and O–H groups in total. The van der Waals surface area contributed by atoms with Crippen LogP contribution in [0.4, 0.5) is 0 Å². The molecule has 1 aromatic heterocycles. The lowest BCUT2D eigenvalue weighted by Gasteiger charge is -2.33. The van der Waals surface area contributed by atoms with Crippen LogP contribution in [0.5, 0.6) is 0 Å². The second-order valence-electron chi connectivity index (χ2n) is 5.43. The van der Waals surface area contributed by atoms with Crippen molar-refractivity contribution < 1.29 is 13.2 Å². The molecule has 1 saturated heterocycles. The Morgan fingerprint density at radius 1 is 1.00 bits per heavy atom. The normalized spacial score (nSPS) is 16.6. The minimum Gasteiger partial charge on any atom is -0.335 e. The van der Waals surface area contributed by atoms with Gasteiger partial charge in [-0.05, 0) is 23.1 Å². The SMILES string of the molecule is O=C(c1cccs1)N1CCN(S(=O)(=O)C=Cc2ccccc2)CC1. The third-order valence-corrected chi connectivity index (χ3v) is 6.27. The summed E-state index contributed by atoms with van der Waals surface area (Å²) in [5.74, 6) is -0.0260. The molecule has 2 heterocycles. The first-order valence-corrected chi connectivity index (χ1v) is 10.0. The van der Waals surface area contributed by atoms with Gasteiger partial charge in [0.2, 0.25) is 10.0 Å². The van der Waals surface area contributed by atoms with Gasteiger partial charge < -0.3 is 4.90 Å². The van der Waals surface area contributed by atoms with Crippen LogP contribution < -0.4 is 0 Å². The summed E-state index contributed by atoms with van der Waals surface area (Å²) in [6.45, 7) is 1.46. The third-order valence-electron chi connectivity index (χ3n) is 3.85. The van der Waals surface area contributed by atoms with E-state index >= 15 is 0 Å².